The second-order valence-electron chi connectivity index (χ2n) is 1.65. The molecule has 1 rings (SSSR count). The van der Waals surface area contributed by atoms with Crippen LogP contribution < -0.4 is 0 Å². The van der Waals surface area contributed by atoms with Crippen LogP contribution in [0.2, 0.25) is 0 Å². The Morgan fingerprint density at radius 1 is 1.73 bits per heavy atom. The topological polar surface area (TPSA) is 44.1 Å². The Hall–Kier alpha value is -1.03. The van der Waals surface area contributed by atoms with Crippen LogP contribution >= 0.6 is 12.4 Å². The largest absolute Gasteiger partial charge is 0.448 e. The standard InChI is InChI=1S/C6H8N2O2.ClH/c1-2-10-6(9)8-5-3-4-7-8;/h3-5H,2H2,1H3;1H. The molecule has 0 radical (unpaired) electrons. The zero-order chi connectivity index (χ0) is 7.40. The van der Waals surface area contributed by atoms with E-state index in [1.165, 1.54) is 12.4 Å². The summed E-state index contributed by atoms with van der Waals surface area (Å²) in [6, 6.07) is 1.66. The van der Waals surface area contributed by atoms with Crippen LogP contribution in [0.25, 0.3) is 0 Å². The molecular formula is C6H9ClN2O2. The van der Waals surface area contributed by atoms with Gasteiger partial charge in [0.05, 0.1) is 6.61 Å². The summed E-state index contributed by atoms with van der Waals surface area (Å²) in [6.45, 7) is 2.13. The second-order valence-corrected chi connectivity index (χ2v) is 1.65. The maximum atomic E-state index is 10.8. The lowest BCUT2D eigenvalue weighted by Gasteiger charge is -1.98. The first-order valence-corrected chi connectivity index (χ1v) is 3.01. The molecule has 1 heterocycles. The van der Waals surface area contributed by atoms with Gasteiger partial charge < -0.3 is 4.74 Å². The van der Waals surface area contributed by atoms with Gasteiger partial charge in [0.1, 0.15) is 0 Å². The average Bonchev–Trinajstić information content (AvgIpc) is 2.38. The molecule has 0 spiro atoms. The van der Waals surface area contributed by atoms with Crippen LogP contribution in [-0.2, 0) is 4.74 Å². The van der Waals surface area contributed by atoms with E-state index in [0.717, 1.165) is 4.68 Å². The molecule has 0 unspecified atom stereocenters. The first-order valence-electron chi connectivity index (χ1n) is 3.01. The van der Waals surface area contributed by atoms with Gasteiger partial charge in [0, 0.05) is 12.4 Å². The van der Waals surface area contributed by atoms with Crippen molar-refractivity contribution in [1.82, 2.24) is 9.78 Å². The van der Waals surface area contributed by atoms with Gasteiger partial charge in [0.2, 0.25) is 0 Å². The van der Waals surface area contributed by atoms with E-state index >= 15 is 0 Å². The fourth-order valence-corrected chi connectivity index (χ4v) is 0.566. The molecule has 0 saturated carbocycles. The van der Waals surface area contributed by atoms with Crippen LogP contribution in [0.4, 0.5) is 4.79 Å². The van der Waals surface area contributed by atoms with Crippen LogP contribution in [0.1, 0.15) is 6.92 Å². The van der Waals surface area contributed by atoms with Crippen molar-refractivity contribution in [1.29, 1.82) is 0 Å². The van der Waals surface area contributed by atoms with Crippen LogP contribution in [0, 0.1) is 0 Å². The molecule has 0 bridgehead atoms. The first-order chi connectivity index (χ1) is 4.84. The number of carbonyl (C=O) groups is 1. The Morgan fingerprint density at radius 3 is 2.91 bits per heavy atom. The molecule has 0 N–H and O–H groups in total. The summed E-state index contributed by atoms with van der Waals surface area (Å²) in [7, 11) is 0. The van der Waals surface area contributed by atoms with Crippen LogP contribution in [0.3, 0.4) is 0 Å². The van der Waals surface area contributed by atoms with Gasteiger partial charge in [-0.3, -0.25) is 0 Å². The molecule has 1 aromatic rings. The first kappa shape index (κ1) is 9.97. The van der Waals surface area contributed by atoms with Gasteiger partial charge in [0.15, 0.2) is 0 Å². The molecule has 0 aliphatic heterocycles. The summed E-state index contributed by atoms with van der Waals surface area (Å²) in [4.78, 5) is 10.8. The molecule has 5 heteroatoms. The van der Waals surface area contributed by atoms with Crippen molar-refractivity contribution < 1.29 is 9.53 Å². The highest BCUT2D eigenvalue weighted by atomic mass is 35.5. The lowest BCUT2D eigenvalue weighted by atomic mass is 10.7. The molecule has 0 aromatic carbocycles. The Balaban J connectivity index is 0.000001000. The molecule has 1 aromatic heterocycles. The van der Waals surface area contributed by atoms with Crippen molar-refractivity contribution in [2.75, 3.05) is 6.61 Å². The number of halogens is 1. The number of ether oxygens (including phenoxy) is 1. The van der Waals surface area contributed by atoms with E-state index in [-0.39, 0.29) is 12.4 Å². The minimum Gasteiger partial charge on any atom is -0.448 e. The van der Waals surface area contributed by atoms with Crippen molar-refractivity contribution in [3.63, 3.8) is 0 Å². The van der Waals surface area contributed by atoms with Crippen molar-refractivity contribution in [3.05, 3.63) is 18.5 Å². The van der Waals surface area contributed by atoms with E-state index in [0.29, 0.717) is 6.61 Å². The predicted molar refractivity (Wildman–Crippen MR) is 41.9 cm³/mol. The van der Waals surface area contributed by atoms with Gasteiger partial charge in [-0.25, -0.2) is 4.79 Å². The summed E-state index contributed by atoms with van der Waals surface area (Å²) in [5.74, 6) is 0. The van der Waals surface area contributed by atoms with E-state index in [4.69, 9.17) is 0 Å². The van der Waals surface area contributed by atoms with E-state index in [9.17, 15) is 4.79 Å². The highest BCUT2D eigenvalue weighted by molar-refractivity contribution is 5.85. The summed E-state index contributed by atoms with van der Waals surface area (Å²) in [5, 5.41) is 3.68. The predicted octanol–water partition coefficient (Wildman–Crippen LogP) is 1.31. The third-order valence-corrected chi connectivity index (χ3v) is 0.959. The van der Waals surface area contributed by atoms with Gasteiger partial charge in [-0.05, 0) is 13.0 Å². The Labute approximate surface area is 70.6 Å². The maximum absolute atomic E-state index is 10.8. The fraction of sp³-hybridized carbons (Fsp3) is 0.333. The smallest absolute Gasteiger partial charge is 0.434 e. The van der Waals surface area contributed by atoms with Gasteiger partial charge >= 0.3 is 6.09 Å². The Morgan fingerprint density at radius 2 is 2.45 bits per heavy atom. The zero-order valence-electron chi connectivity index (χ0n) is 6.06. The molecule has 62 valence electrons. The molecule has 0 aliphatic rings. The Kier molecular flexibility index (Phi) is 4.29. The number of nitrogens with zero attached hydrogens (tertiary/aromatic N) is 2. The monoisotopic (exact) mass is 176 g/mol. The third kappa shape index (κ3) is 2.59. The summed E-state index contributed by atoms with van der Waals surface area (Å²) < 4.78 is 5.79. The molecule has 0 fully saturated rings. The maximum Gasteiger partial charge on any atom is 0.434 e. The number of carbonyl (C=O) groups excluding carboxylic acids is 1. The average molecular weight is 177 g/mol. The quantitative estimate of drug-likeness (QED) is 0.648. The lowest BCUT2D eigenvalue weighted by Crippen LogP contribution is -2.13. The third-order valence-electron chi connectivity index (χ3n) is 0.959. The number of hydrogen-bond acceptors (Lipinski definition) is 3. The minimum absolute atomic E-state index is 0. The van der Waals surface area contributed by atoms with Crippen molar-refractivity contribution >= 4 is 18.5 Å². The summed E-state index contributed by atoms with van der Waals surface area (Å²) in [5.41, 5.74) is 0. The van der Waals surface area contributed by atoms with Gasteiger partial charge in [-0.15, -0.1) is 12.4 Å². The minimum atomic E-state index is -0.437. The van der Waals surface area contributed by atoms with E-state index < -0.39 is 6.09 Å². The highest BCUT2D eigenvalue weighted by Crippen LogP contribution is 1.86. The summed E-state index contributed by atoms with van der Waals surface area (Å²) >= 11 is 0. The van der Waals surface area contributed by atoms with E-state index in [1.807, 2.05) is 0 Å². The molecule has 0 aliphatic carbocycles. The highest BCUT2D eigenvalue weighted by Gasteiger charge is 2.01. The molecular weight excluding hydrogens is 168 g/mol. The molecule has 0 atom stereocenters. The molecule has 4 nitrogen and oxygen atoms in total. The normalized spacial score (nSPS) is 8.45. The van der Waals surface area contributed by atoms with Crippen LogP contribution in [-0.4, -0.2) is 22.5 Å². The fourth-order valence-electron chi connectivity index (χ4n) is 0.566. The number of aromatic nitrogens is 2. The van der Waals surface area contributed by atoms with E-state index in [2.05, 4.69) is 9.84 Å². The Bertz CT molecular complexity index is 210. The van der Waals surface area contributed by atoms with Crippen molar-refractivity contribution in [2.24, 2.45) is 0 Å². The van der Waals surface area contributed by atoms with Gasteiger partial charge in [0.25, 0.3) is 0 Å². The van der Waals surface area contributed by atoms with Crippen molar-refractivity contribution in [2.45, 2.75) is 6.92 Å². The van der Waals surface area contributed by atoms with Crippen LogP contribution in [0.15, 0.2) is 18.5 Å². The number of rotatable bonds is 1. The van der Waals surface area contributed by atoms with Gasteiger partial charge in [-0.2, -0.15) is 9.78 Å². The molecule has 0 amide bonds. The molecule has 11 heavy (non-hydrogen) atoms. The zero-order valence-corrected chi connectivity index (χ0v) is 6.87. The lowest BCUT2D eigenvalue weighted by molar-refractivity contribution is 0.150. The molecule has 0 saturated heterocycles. The van der Waals surface area contributed by atoms with Gasteiger partial charge in [-0.1, -0.05) is 0 Å². The SMILES string of the molecule is CCOC(=O)n1cccn1.Cl. The van der Waals surface area contributed by atoms with Crippen LogP contribution in [0.5, 0.6) is 0 Å². The van der Waals surface area contributed by atoms with Crippen molar-refractivity contribution in [3.8, 4) is 0 Å². The van der Waals surface area contributed by atoms with E-state index in [1.54, 1.807) is 13.0 Å². The number of hydrogen-bond donors (Lipinski definition) is 0. The second kappa shape index (κ2) is 4.73. The summed E-state index contributed by atoms with van der Waals surface area (Å²) in [6.07, 6.45) is 2.63.